The molecule has 3 aromatic rings. The van der Waals surface area contributed by atoms with E-state index in [9.17, 15) is 13.6 Å². The van der Waals surface area contributed by atoms with Gasteiger partial charge in [0.2, 0.25) is 0 Å². The van der Waals surface area contributed by atoms with Gasteiger partial charge in [0.1, 0.15) is 22.9 Å². The average Bonchev–Trinajstić information content (AvgIpc) is 3.26. The molecule has 160 valence electrons. The third-order valence-corrected chi connectivity index (χ3v) is 6.05. The number of rotatable bonds is 3. The fourth-order valence-corrected chi connectivity index (χ4v) is 4.33. The minimum atomic E-state index is -0.825. The van der Waals surface area contributed by atoms with Crippen LogP contribution in [0.25, 0.3) is 22.6 Å². The van der Waals surface area contributed by atoms with Crippen LogP contribution in [0, 0.1) is 11.6 Å². The Kier molecular flexibility index (Phi) is 4.47. The van der Waals surface area contributed by atoms with Crippen molar-refractivity contribution >= 4 is 17.4 Å². The minimum Gasteiger partial charge on any atom is -0.377 e. The molecule has 1 N–H and O–H groups in total. The van der Waals surface area contributed by atoms with E-state index in [-0.39, 0.29) is 18.1 Å². The number of morpholine rings is 1. The fraction of sp³-hybridized carbons (Fsp3) is 0.333. The number of nitrogens with one attached hydrogen (secondary N) is 1. The molecule has 0 bridgehead atoms. The normalized spacial score (nSPS) is 20.6. The Morgan fingerprint density at radius 2 is 2.10 bits per heavy atom. The van der Waals surface area contributed by atoms with E-state index in [1.807, 2.05) is 11.8 Å². The number of aromatic nitrogens is 4. The maximum absolute atomic E-state index is 14.4. The van der Waals surface area contributed by atoms with Crippen molar-refractivity contribution < 1.29 is 18.3 Å². The van der Waals surface area contributed by atoms with E-state index in [0.717, 1.165) is 6.07 Å². The van der Waals surface area contributed by atoms with Crippen molar-refractivity contribution in [1.82, 2.24) is 20.2 Å². The second-order valence-corrected chi connectivity index (χ2v) is 7.64. The zero-order chi connectivity index (χ0) is 21.8. The second-order valence-electron chi connectivity index (χ2n) is 7.64. The molecule has 2 aliphatic heterocycles. The lowest BCUT2D eigenvalue weighted by Crippen LogP contribution is -2.68. The monoisotopic (exact) mass is 426 g/mol. The van der Waals surface area contributed by atoms with Crippen LogP contribution < -0.4 is 9.80 Å². The van der Waals surface area contributed by atoms with E-state index in [0.29, 0.717) is 48.2 Å². The summed E-state index contributed by atoms with van der Waals surface area (Å²) in [6, 6.07) is 3.34. The Morgan fingerprint density at radius 3 is 2.87 bits per heavy atom. The van der Waals surface area contributed by atoms with Gasteiger partial charge in [-0.1, -0.05) is 6.92 Å². The molecule has 1 atom stereocenters. The molecule has 5 rings (SSSR count). The second kappa shape index (κ2) is 7.09. The number of aromatic amines is 1. The van der Waals surface area contributed by atoms with E-state index in [2.05, 4.69) is 15.2 Å². The van der Waals surface area contributed by atoms with Crippen LogP contribution in [0.5, 0.6) is 0 Å². The Bertz CT molecular complexity index is 1180. The van der Waals surface area contributed by atoms with Crippen LogP contribution in [0.3, 0.4) is 0 Å². The molecule has 0 unspecified atom stereocenters. The fourth-order valence-electron chi connectivity index (χ4n) is 4.33. The van der Waals surface area contributed by atoms with Gasteiger partial charge < -0.3 is 14.5 Å². The zero-order valence-corrected chi connectivity index (χ0v) is 17.0. The van der Waals surface area contributed by atoms with Gasteiger partial charge in [0, 0.05) is 25.2 Å². The largest absolute Gasteiger partial charge is 0.377 e. The molecule has 2 aromatic heterocycles. The van der Waals surface area contributed by atoms with Crippen LogP contribution in [0.1, 0.15) is 13.3 Å². The number of H-pyrrole nitrogens is 1. The molecular formula is C21H20F2N6O2. The topological polar surface area (TPSA) is 87.2 Å². The number of benzene rings is 1. The van der Waals surface area contributed by atoms with Crippen molar-refractivity contribution in [2.75, 3.05) is 36.6 Å². The number of halogens is 2. The highest BCUT2D eigenvalue weighted by Gasteiger charge is 2.52. The van der Waals surface area contributed by atoms with Gasteiger partial charge in [-0.3, -0.25) is 9.89 Å². The maximum Gasteiger partial charge on any atom is 0.255 e. The van der Waals surface area contributed by atoms with Gasteiger partial charge in [0.15, 0.2) is 11.6 Å². The summed E-state index contributed by atoms with van der Waals surface area (Å²) in [5.41, 5.74) is 0.757. The number of likely N-dealkylation sites (N-methyl/N-ethyl adjacent to an activating group) is 1. The van der Waals surface area contributed by atoms with Crippen LogP contribution in [0.4, 0.5) is 20.3 Å². The Balaban J connectivity index is 1.64. The molecule has 4 heterocycles. The number of hydrogen-bond donors (Lipinski definition) is 1. The van der Waals surface area contributed by atoms with Gasteiger partial charge in [-0.2, -0.15) is 5.10 Å². The lowest BCUT2D eigenvalue weighted by atomic mass is 9.89. The number of hydrogen-bond acceptors (Lipinski definition) is 6. The highest BCUT2D eigenvalue weighted by molar-refractivity contribution is 6.07. The molecule has 10 heteroatoms. The summed E-state index contributed by atoms with van der Waals surface area (Å²) < 4.78 is 33.4. The van der Waals surface area contributed by atoms with Crippen molar-refractivity contribution in [3.63, 3.8) is 0 Å². The van der Waals surface area contributed by atoms with E-state index in [4.69, 9.17) is 9.72 Å². The molecule has 2 aliphatic rings. The quantitative estimate of drug-likeness (QED) is 0.693. The Hall–Kier alpha value is -3.40. The first-order valence-electron chi connectivity index (χ1n) is 9.96. The van der Waals surface area contributed by atoms with Crippen molar-refractivity contribution in [3.8, 4) is 22.6 Å². The SMILES string of the molecule is CC[C@]12COCCN1c1nc(-c3cn[nH]c3-c3ccc(F)cc3F)ncc1N(C)C2=O. The van der Waals surface area contributed by atoms with Crippen molar-refractivity contribution in [1.29, 1.82) is 0 Å². The number of nitrogens with zero attached hydrogens (tertiary/aromatic N) is 5. The lowest BCUT2D eigenvalue weighted by molar-refractivity contribution is -0.128. The molecule has 0 spiro atoms. The first-order chi connectivity index (χ1) is 15.0. The van der Waals surface area contributed by atoms with Gasteiger partial charge in [-0.25, -0.2) is 18.7 Å². The Morgan fingerprint density at radius 1 is 1.26 bits per heavy atom. The van der Waals surface area contributed by atoms with E-state index in [1.165, 1.54) is 18.3 Å². The van der Waals surface area contributed by atoms with E-state index < -0.39 is 17.2 Å². The van der Waals surface area contributed by atoms with Crippen LogP contribution in [-0.2, 0) is 9.53 Å². The number of carbonyl (C=O) groups excluding carboxylic acids is 1. The molecule has 1 aromatic carbocycles. The summed E-state index contributed by atoms with van der Waals surface area (Å²) in [5, 5.41) is 6.79. The van der Waals surface area contributed by atoms with Gasteiger partial charge in [0.25, 0.3) is 5.91 Å². The van der Waals surface area contributed by atoms with Gasteiger partial charge in [-0.05, 0) is 18.6 Å². The van der Waals surface area contributed by atoms with Crippen molar-refractivity contribution in [3.05, 3.63) is 42.2 Å². The van der Waals surface area contributed by atoms with Gasteiger partial charge >= 0.3 is 0 Å². The highest BCUT2D eigenvalue weighted by atomic mass is 19.1. The summed E-state index contributed by atoms with van der Waals surface area (Å²) in [5.74, 6) is -0.499. The Labute approximate surface area is 176 Å². The van der Waals surface area contributed by atoms with Gasteiger partial charge in [0.05, 0.1) is 36.9 Å². The molecule has 0 radical (unpaired) electrons. The van der Waals surface area contributed by atoms with Crippen LogP contribution >= 0.6 is 0 Å². The third kappa shape index (κ3) is 2.82. The standard InChI is InChI=1S/C21H20F2N6O2/c1-3-21-11-31-7-6-29(21)19-16(28(2)20(21)30)10-24-18(26-19)14-9-25-27-17(14)13-5-4-12(22)8-15(13)23/h4-5,8-10H,3,6-7,11H2,1-2H3,(H,25,27)/t21-/m1/s1. The number of anilines is 2. The number of fused-ring (bicyclic) bond motifs is 3. The summed E-state index contributed by atoms with van der Waals surface area (Å²) in [4.78, 5) is 25.9. The van der Waals surface area contributed by atoms with Crippen molar-refractivity contribution in [2.24, 2.45) is 0 Å². The number of carbonyl (C=O) groups is 1. The van der Waals surface area contributed by atoms with Crippen LogP contribution in [-0.4, -0.2) is 58.4 Å². The maximum atomic E-state index is 14.4. The molecular weight excluding hydrogens is 406 g/mol. The summed E-state index contributed by atoms with van der Waals surface area (Å²) in [7, 11) is 1.70. The zero-order valence-electron chi connectivity index (χ0n) is 17.0. The molecule has 8 nitrogen and oxygen atoms in total. The minimum absolute atomic E-state index is 0.0593. The first kappa shape index (κ1) is 19.6. The highest BCUT2D eigenvalue weighted by Crippen LogP contribution is 2.42. The van der Waals surface area contributed by atoms with E-state index >= 15 is 0 Å². The summed E-state index contributed by atoms with van der Waals surface area (Å²) in [6.45, 7) is 3.23. The predicted molar refractivity (Wildman–Crippen MR) is 110 cm³/mol. The molecule has 1 saturated heterocycles. The molecule has 0 aliphatic carbocycles. The van der Waals surface area contributed by atoms with E-state index in [1.54, 1.807) is 18.1 Å². The molecule has 0 saturated carbocycles. The number of amides is 1. The average molecular weight is 426 g/mol. The van der Waals surface area contributed by atoms with Crippen LogP contribution in [0.15, 0.2) is 30.6 Å². The molecule has 1 fully saturated rings. The first-order valence-corrected chi connectivity index (χ1v) is 9.96. The molecule has 31 heavy (non-hydrogen) atoms. The predicted octanol–water partition coefficient (Wildman–Crippen LogP) is 2.77. The van der Waals surface area contributed by atoms with Crippen LogP contribution in [0.2, 0.25) is 0 Å². The summed E-state index contributed by atoms with van der Waals surface area (Å²) in [6.07, 6.45) is 3.65. The van der Waals surface area contributed by atoms with Crippen molar-refractivity contribution in [2.45, 2.75) is 18.9 Å². The number of ether oxygens (including phenoxy) is 1. The third-order valence-electron chi connectivity index (χ3n) is 6.05. The lowest BCUT2D eigenvalue weighted by Gasteiger charge is -2.51. The smallest absolute Gasteiger partial charge is 0.255 e. The van der Waals surface area contributed by atoms with Gasteiger partial charge in [-0.15, -0.1) is 0 Å². The summed E-state index contributed by atoms with van der Waals surface area (Å²) >= 11 is 0. The molecule has 1 amide bonds.